The normalized spacial score (nSPS) is 15.8. The number of esters is 2. The quantitative estimate of drug-likeness (QED) is 0.0722. The van der Waals surface area contributed by atoms with Crippen molar-refractivity contribution in [1.29, 1.82) is 0 Å². The number of allylic oxidation sites excluding steroid dienone is 2. The summed E-state index contributed by atoms with van der Waals surface area (Å²) in [6.45, 7) is 3.81. The minimum absolute atomic E-state index is 0.0372. The molecule has 1 unspecified atom stereocenters. The van der Waals surface area contributed by atoms with Gasteiger partial charge in [-0.1, -0.05) is 79.2 Å². The molecule has 5 aromatic carbocycles. The molecular formula is C45H41NO7. The van der Waals surface area contributed by atoms with Crippen LogP contribution in [0.25, 0.3) is 21.9 Å². The lowest BCUT2D eigenvalue weighted by Crippen LogP contribution is -2.33. The summed E-state index contributed by atoms with van der Waals surface area (Å²) in [7, 11) is 1.61. The van der Waals surface area contributed by atoms with Crippen molar-refractivity contribution in [3.05, 3.63) is 150 Å². The predicted octanol–water partition coefficient (Wildman–Crippen LogP) is 8.89. The Balaban J connectivity index is 1.21. The van der Waals surface area contributed by atoms with Gasteiger partial charge < -0.3 is 23.8 Å². The Hall–Kier alpha value is -5.83. The second kappa shape index (κ2) is 16.7. The summed E-state index contributed by atoms with van der Waals surface area (Å²) >= 11 is 0. The monoisotopic (exact) mass is 707 g/mol. The minimum Gasteiger partial charge on any atom is -0.497 e. The van der Waals surface area contributed by atoms with Gasteiger partial charge in [-0.25, -0.2) is 9.59 Å². The van der Waals surface area contributed by atoms with Crippen LogP contribution in [-0.4, -0.2) is 62.1 Å². The molecule has 268 valence electrons. The fourth-order valence-corrected chi connectivity index (χ4v) is 6.78. The van der Waals surface area contributed by atoms with E-state index in [1.807, 2.05) is 48.6 Å². The second-order valence-electron chi connectivity index (χ2n) is 13.1. The summed E-state index contributed by atoms with van der Waals surface area (Å²) in [4.78, 5) is 43.4. The van der Waals surface area contributed by atoms with E-state index < -0.39 is 11.9 Å². The number of hydrogen-bond acceptors (Lipinski definition) is 8. The predicted molar refractivity (Wildman–Crippen MR) is 205 cm³/mol. The van der Waals surface area contributed by atoms with Crippen LogP contribution in [0.5, 0.6) is 17.2 Å². The van der Waals surface area contributed by atoms with E-state index in [1.54, 1.807) is 86.0 Å². The van der Waals surface area contributed by atoms with Gasteiger partial charge in [0, 0.05) is 17.7 Å². The maximum absolute atomic E-state index is 14.6. The third kappa shape index (κ3) is 8.46. The third-order valence-electron chi connectivity index (χ3n) is 9.64. The first-order valence-corrected chi connectivity index (χ1v) is 18.0. The molecule has 5 aromatic rings. The summed E-state index contributed by atoms with van der Waals surface area (Å²) in [5.41, 5.74) is 2.95. The van der Waals surface area contributed by atoms with Crippen molar-refractivity contribution in [2.45, 2.75) is 31.8 Å². The second-order valence-corrected chi connectivity index (χ2v) is 13.1. The largest absolute Gasteiger partial charge is 0.497 e. The number of carbonyl (C=O) groups excluding carboxylic acids is 3. The van der Waals surface area contributed by atoms with E-state index in [0.29, 0.717) is 52.2 Å². The van der Waals surface area contributed by atoms with Gasteiger partial charge in [0.05, 0.1) is 30.9 Å². The third-order valence-corrected chi connectivity index (χ3v) is 9.64. The van der Waals surface area contributed by atoms with Crippen LogP contribution in [-0.2, 0) is 4.74 Å². The minimum atomic E-state index is -0.619. The number of ketones is 1. The van der Waals surface area contributed by atoms with Crippen LogP contribution >= 0.6 is 0 Å². The lowest BCUT2D eigenvalue weighted by atomic mass is 9.87. The summed E-state index contributed by atoms with van der Waals surface area (Å²) in [6, 6.07) is 31.5. The van der Waals surface area contributed by atoms with E-state index >= 15 is 0 Å². The van der Waals surface area contributed by atoms with Gasteiger partial charge in [0.25, 0.3) is 0 Å². The molecular weight excluding hydrogens is 666 g/mol. The number of ether oxygens (including phenoxy) is 4. The Morgan fingerprint density at radius 3 is 2.09 bits per heavy atom. The van der Waals surface area contributed by atoms with Crippen LogP contribution in [0.1, 0.15) is 56.8 Å². The molecule has 7 rings (SSSR count). The van der Waals surface area contributed by atoms with Crippen molar-refractivity contribution in [2.24, 2.45) is 0 Å². The van der Waals surface area contributed by atoms with Gasteiger partial charge in [-0.3, -0.25) is 4.79 Å². The molecule has 53 heavy (non-hydrogen) atoms. The zero-order valence-electron chi connectivity index (χ0n) is 29.7. The van der Waals surface area contributed by atoms with Crippen LogP contribution in [0.15, 0.2) is 133 Å². The highest BCUT2D eigenvalue weighted by molar-refractivity contribution is 6.21. The lowest BCUT2D eigenvalue weighted by molar-refractivity contribution is 0.0609. The standard InChI is InChI=1S/C45H41NO7/c1-50-37-21-23-39-34(29-37)17-22-38(42(39)43(47)31-15-19-36(20-16-31)51-28-27-46-25-9-4-10-26-46)35-18-24-40(52-44(48)32-11-5-2-6-12-32)41(30-35)53-45(49)33-13-7-3-8-14-33/h2-3,5-8,11-19,21-24,29-30,36H,4,9-10,20,25-28H2,1H3. The number of nitrogens with zero attached hydrogens (tertiary/aromatic N) is 1. The number of piperidine rings is 1. The maximum atomic E-state index is 14.6. The summed E-state index contributed by atoms with van der Waals surface area (Å²) < 4.78 is 23.3. The van der Waals surface area contributed by atoms with Crippen molar-refractivity contribution in [1.82, 2.24) is 4.90 Å². The molecule has 8 heteroatoms. The smallest absolute Gasteiger partial charge is 0.343 e. The molecule has 1 saturated heterocycles. The zero-order valence-corrected chi connectivity index (χ0v) is 29.7. The number of carbonyl (C=O) groups is 3. The number of likely N-dealkylation sites (tertiary alicyclic amines) is 1. The first-order valence-electron chi connectivity index (χ1n) is 18.0. The van der Waals surface area contributed by atoms with E-state index in [0.717, 1.165) is 30.4 Å². The number of methoxy groups -OCH3 is 1. The number of rotatable bonds is 12. The zero-order chi connectivity index (χ0) is 36.6. The Kier molecular flexibility index (Phi) is 11.2. The molecule has 1 aliphatic carbocycles. The lowest BCUT2D eigenvalue weighted by Gasteiger charge is -2.27. The SMILES string of the molecule is COc1ccc2c(C(=O)C3=CCC(OCCN4CCCCC4)C=C3)c(-c3ccc(OC(=O)c4ccccc4)c(OC(=O)c4ccccc4)c3)ccc2c1. The maximum Gasteiger partial charge on any atom is 0.343 e. The Bertz CT molecular complexity index is 2170. The van der Waals surface area contributed by atoms with Crippen molar-refractivity contribution >= 4 is 28.5 Å². The van der Waals surface area contributed by atoms with Crippen molar-refractivity contribution < 1.29 is 33.3 Å². The van der Waals surface area contributed by atoms with Gasteiger partial charge >= 0.3 is 11.9 Å². The van der Waals surface area contributed by atoms with Gasteiger partial charge in [0.2, 0.25) is 0 Å². The average Bonchev–Trinajstić information content (AvgIpc) is 3.21. The number of benzene rings is 5. The number of hydrogen-bond donors (Lipinski definition) is 0. The van der Waals surface area contributed by atoms with Gasteiger partial charge in [-0.15, -0.1) is 0 Å². The number of Topliss-reactive ketones (excluding diaryl/α,β-unsaturated/α-hetero) is 1. The molecule has 0 radical (unpaired) electrons. The van der Waals surface area contributed by atoms with E-state index in [1.165, 1.54) is 19.3 Å². The van der Waals surface area contributed by atoms with E-state index in [9.17, 15) is 14.4 Å². The van der Waals surface area contributed by atoms with Crippen LogP contribution in [0, 0.1) is 0 Å². The molecule has 0 amide bonds. The summed E-state index contributed by atoms with van der Waals surface area (Å²) in [6.07, 6.45) is 10.0. The molecule has 0 bridgehead atoms. The first kappa shape index (κ1) is 35.6. The molecule has 0 saturated carbocycles. The summed E-state index contributed by atoms with van der Waals surface area (Å²) in [5, 5.41) is 1.57. The Morgan fingerprint density at radius 2 is 1.43 bits per heavy atom. The van der Waals surface area contributed by atoms with Crippen LogP contribution in [0.3, 0.4) is 0 Å². The fourth-order valence-electron chi connectivity index (χ4n) is 6.78. The van der Waals surface area contributed by atoms with Crippen molar-refractivity contribution in [3.63, 3.8) is 0 Å². The van der Waals surface area contributed by atoms with E-state index in [-0.39, 0.29) is 23.4 Å². The molecule has 1 fully saturated rings. The van der Waals surface area contributed by atoms with Gasteiger partial charge in [0.1, 0.15) is 5.75 Å². The van der Waals surface area contributed by atoms with Crippen molar-refractivity contribution in [2.75, 3.05) is 33.4 Å². The van der Waals surface area contributed by atoms with E-state index in [2.05, 4.69) is 4.90 Å². The molecule has 8 nitrogen and oxygen atoms in total. The first-order chi connectivity index (χ1) is 26.0. The van der Waals surface area contributed by atoms with Gasteiger partial charge in [0.15, 0.2) is 17.3 Å². The van der Waals surface area contributed by atoms with Crippen LogP contribution in [0.4, 0.5) is 0 Å². The highest BCUT2D eigenvalue weighted by Crippen LogP contribution is 2.39. The molecule has 1 heterocycles. The fraction of sp³-hybridized carbons (Fsp3) is 0.222. The summed E-state index contributed by atoms with van der Waals surface area (Å²) in [5.74, 6) is -0.599. The molecule has 0 spiro atoms. The molecule has 1 atom stereocenters. The molecule has 0 N–H and O–H groups in total. The van der Waals surface area contributed by atoms with Crippen LogP contribution < -0.4 is 14.2 Å². The van der Waals surface area contributed by atoms with Crippen LogP contribution in [0.2, 0.25) is 0 Å². The van der Waals surface area contributed by atoms with Crippen molar-refractivity contribution in [3.8, 4) is 28.4 Å². The molecule has 2 aliphatic rings. The number of fused-ring (bicyclic) bond motifs is 1. The van der Waals surface area contributed by atoms with Gasteiger partial charge in [-0.2, -0.15) is 0 Å². The van der Waals surface area contributed by atoms with Gasteiger partial charge in [-0.05, 0) is 109 Å². The average molecular weight is 708 g/mol. The highest BCUT2D eigenvalue weighted by Gasteiger charge is 2.24. The molecule has 0 aromatic heterocycles. The van der Waals surface area contributed by atoms with E-state index in [4.69, 9.17) is 18.9 Å². The molecule has 1 aliphatic heterocycles. The Morgan fingerprint density at radius 1 is 0.736 bits per heavy atom. The Labute approximate surface area is 309 Å². The highest BCUT2D eigenvalue weighted by atomic mass is 16.6. The topological polar surface area (TPSA) is 91.4 Å².